The predicted molar refractivity (Wildman–Crippen MR) is 59.5 cm³/mol. The van der Waals surface area contributed by atoms with E-state index in [2.05, 4.69) is 5.32 Å². The number of halogens is 2. The number of hydrogen-bond donors (Lipinski definition) is 2. The highest BCUT2D eigenvalue weighted by Gasteiger charge is 2.12. The van der Waals surface area contributed by atoms with Crippen LogP contribution in [-0.2, 0) is 0 Å². The molecule has 0 saturated heterocycles. The Balaban J connectivity index is 2.72. The molecule has 0 bridgehead atoms. The Morgan fingerprint density at radius 2 is 2.13 bits per heavy atom. The van der Waals surface area contributed by atoms with Gasteiger partial charge in [0.25, 0.3) is 0 Å². The first-order chi connectivity index (χ1) is 7.00. The second-order valence-electron chi connectivity index (χ2n) is 3.74. The van der Waals surface area contributed by atoms with Crippen LogP contribution < -0.4 is 5.32 Å². The first-order valence-electron chi connectivity index (χ1n) is 4.87. The Bertz CT molecular complexity index is 330. The van der Waals surface area contributed by atoms with Gasteiger partial charge in [-0.1, -0.05) is 25.4 Å². The van der Waals surface area contributed by atoms with Gasteiger partial charge in [-0.2, -0.15) is 0 Å². The topological polar surface area (TPSA) is 32.3 Å². The third-order valence-electron chi connectivity index (χ3n) is 2.04. The van der Waals surface area contributed by atoms with E-state index < -0.39 is 11.9 Å². The van der Waals surface area contributed by atoms with Crippen molar-refractivity contribution in [1.29, 1.82) is 0 Å². The second-order valence-corrected chi connectivity index (χ2v) is 4.15. The summed E-state index contributed by atoms with van der Waals surface area (Å²) in [6.45, 7) is 4.31. The molecule has 0 spiro atoms. The zero-order valence-corrected chi connectivity index (χ0v) is 9.55. The van der Waals surface area contributed by atoms with Crippen LogP contribution in [0.5, 0.6) is 0 Å². The Morgan fingerprint density at radius 3 is 2.73 bits per heavy atom. The van der Waals surface area contributed by atoms with E-state index in [-0.39, 0.29) is 6.04 Å². The highest BCUT2D eigenvalue weighted by atomic mass is 35.5. The molecule has 1 rings (SSSR count). The number of aliphatic hydroxyl groups excluding tert-OH is 1. The molecule has 2 nitrogen and oxygen atoms in total. The van der Waals surface area contributed by atoms with Gasteiger partial charge in [-0.05, 0) is 18.2 Å². The van der Waals surface area contributed by atoms with Crippen LogP contribution in [0.3, 0.4) is 0 Å². The SMILES string of the molecule is CC(C)NCC(O)c1cc(F)ccc1Cl. The zero-order chi connectivity index (χ0) is 11.4. The Kier molecular flexibility index (Phi) is 4.51. The summed E-state index contributed by atoms with van der Waals surface area (Å²) in [4.78, 5) is 0. The van der Waals surface area contributed by atoms with E-state index in [0.717, 1.165) is 0 Å². The van der Waals surface area contributed by atoms with Crippen molar-refractivity contribution in [3.8, 4) is 0 Å². The molecule has 0 aliphatic carbocycles. The molecule has 1 atom stereocenters. The third kappa shape index (κ3) is 3.78. The van der Waals surface area contributed by atoms with E-state index in [1.54, 1.807) is 0 Å². The smallest absolute Gasteiger partial charge is 0.123 e. The van der Waals surface area contributed by atoms with E-state index in [0.29, 0.717) is 17.1 Å². The van der Waals surface area contributed by atoms with Crippen LogP contribution in [0.2, 0.25) is 5.02 Å². The first kappa shape index (κ1) is 12.4. The molecule has 0 fully saturated rings. The van der Waals surface area contributed by atoms with E-state index in [1.807, 2.05) is 13.8 Å². The van der Waals surface area contributed by atoms with Crippen LogP contribution in [-0.4, -0.2) is 17.7 Å². The summed E-state index contributed by atoms with van der Waals surface area (Å²) in [7, 11) is 0. The van der Waals surface area contributed by atoms with Gasteiger partial charge in [0.05, 0.1) is 6.10 Å². The van der Waals surface area contributed by atoms with Gasteiger partial charge >= 0.3 is 0 Å². The summed E-state index contributed by atoms with van der Waals surface area (Å²) in [5, 5.41) is 13.2. The van der Waals surface area contributed by atoms with Gasteiger partial charge in [-0.3, -0.25) is 0 Å². The minimum atomic E-state index is -0.782. The molecule has 1 aromatic rings. The molecule has 0 aromatic heterocycles. The average molecular weight is 232 g/mol. The van der Waals surface area contributed by atoms with Crippen molar-refractivity contribution < 1.29 is 9.50 Å². The molecule has 4 heteroatoms. The lowest BCUT2D eigenvalue weighted by molar-refractivity contribution is 0.171. The lowest BCUT2D eigenvalue weighted by atomic mass is 10.1. The lowest BCUT2D eigenvalue weighted by Gasteiger charge is -2.15. The van der Waals surface area contributed by atoms with Crippen molar-refractivity contribution in [2.75, 3.05) is 6.54 Å². The Hall–Kier alpha value is -0.640. The third-order valence-corrected chi connectivity index (χ3v) is 2.38. The average Bonchev–Trinajstić information content (AvgIpc) is 2.18. The Labute approximate surface area is 94.1 Å². The number of aliphatic hydroxyl groups is 1. The first-order valence-corrected chi connectivity index (χ1v) is 5.25. The zero-order valence-electron chi connectivity index (χ0n) is 8.80. The molecule has 0 radical (unpaired) electrons. The van der Waals surface area contributed by atoms with Crippen molar-refractivity contribution in [2.24, 2.45) is 0 Å². The number of hydrogen-bond acceptors (Lipinski definition) is 2. The standard InChI is InChI=1S/C11H15ClFNO/c1-7(2)14-6-11(15)9-5-8(13)3-4-10(9)12/h3-5,7,11,14-15H,6H2,1-2H3. The van der Waals surface area contributed by atoms with Crippen LogP contribution in [0.15, 0.2) is 18.2 Å². The second kappa shape index (κ2) is 5.45. The molecule has 84 valence electrons. The molecule has 15 heavy (non-hydrogen) atoms. The summed E-state index contributed by atoms with van der Waals surface area (Å²) < 4.78 is 12.9. The molecule has 0 heterocycles. The van der Waals surface area contributed by atoms with Gasteiger partial charge in [0, 0.05) is 23.2 Å². The van der Waals surface area contributed by atoms with Crippen molar-refractivity contribution in [2.45, 2.75) is 26.0 Å². The summed E-state index contributed by atoms with van der Waals surface area (Å²) in [6, 6.07) is 4.25. The van der Waals surface area contributed by atoms with Crippen molar-refractivity contribution in [1.82, 2.24) is 5.32 Å². The predicted octanol–water partition coefficient (Wildman–Crippen LogP) is 2.51. The van der Waals surface area contributed by atoms with Gasteiger partial charge in [-0.15, -0.1) is 0 Å². The van der Waals surface area contributed by atoms with Crippen LogP contribution in [0.4, 0.5) is 4.39 Å². The summed E-state index contributed by atoms with van der Waals surface area (Å²) in [6.07, 6.45) is -0.782. The molecule has 1 unspecified atom stereocenters. The van der Waals surface area contributed by atoms with E-state index in [1.165, 1.54) is 18.2 Å². The van der Waals surface area contributed by atoms with Crippen molar-refractivity contribution >= 4 is 11.6 Å². The van der Waals surface area contributed by atoms with E-state index in [4.69, 9.17) is 11.6 Å². The van der Waals surface area contributed by atoms with Crippen molar-refractivity contribution in [3.05, 3.63) is 34.6 Å². The maximum Gasteiger partial charge on any atom is 0.123 e. The molecular weight excluding hydrogens is 217 g/mol. The highest BCUT2D eigenvalue weighted by molar-refractivity contribution is 6.31. The molecule has 0 amide bonds. The fourth-order valence-electron chi connectivity index (χ4n) is 1.23. The minimum Gasteiger partial charge on any atom is -0.387 e. The molecule has 0 aliphatic rings. The maximum absolute atomic E-state index is 12.9. The van der Waals surface area contributed by atoms with Gasteiger partial charge in [0.15, 0.2) is 0 Å². The largest absolute Gasteiger partial charge is 0.387 e. The molecule has 2 N–H and O–H groups in total. The van der Waals surface area contributed by atoms with Crippen LogP contribution in [0, 0.1) is 5.82 Å². The highest BCUT2D eigenvalue weighted by Crippen LogP contribution is 2.23. The van der Waals surface area contributed by atoms with Gasteiger partial charge in [0.1, 0.15) is 5.82 Å². The van der Waals surface area contributed by atoms with E-state index >= 15 is 0 Å². The van der Waals surface area contributed by atoms with Crippen LogP contribution in [0.1, 0.15) is 25.5 Å². The fraction of sp³-hybridized carbons (Fsp3) is 0.455. The summed E-state index contributed by atoms with van der Waals surface area (Å²) >= 11 is 5.85. The normalized spacial score (nSPS) is 13.2. The summed E-state index contributed by atoms with van der Waals surface area (Å²) in [5.41, 5.74) is 0.421. The number of rotatable bonds is 4. The maximum atomic E-state index is 12.9. The summed E-state index contributed by atoms with van der Waals surface area (Å²) in [5.74, 6) is -0.391. The van der Waals surface area contributed by atoms with Crippen molar-refractivity contribution in [3.63, 3.8) is 0 Å². The molecule has 0 saturated carbocycles. The molecule has 0 aliphatic heterocycles. The number of nitrogens with one attached hydrogen (secondary N) is 1. The minimum absolute atomic E-state index is 0.270. The Morgan fingerprint density at radius 1 is 1.47 bits per heavy atom. The van der Waals surface area contributed by atoms with Crippen LogP contribution >= 0.6 is 11.6 Å². The van der Waals surface area contributed by atoms with Gasteiger partial charge in [0.2, 0.25) is 0 Å². The quantitative estimate of drug-likeness (QED) is 0.835. The molecule has 1 aromatic carbocycles. The van der Waals surface area contributed by atoms with Gasteiger partial charge < -0.3 is 10.4 Å². The fourth-order valence-corrected chi connectivity index (χ4v) is 1.47. The molecular formula is C11H15ClFNO. The number of benzene rings is 1. The van der Waals surface area contributed by atoms with Crippen LogP contribution in [0.25, 0.3) is 0 Å². The van der Waals surface area contributed by atoms with E-state index in [9.17, 15) is 9.50 Å². The van der Waals surface area contributed by atoms with Gasteiger partial charge in [-0.25, -0.2) is 4.39 Å². The lowest BCUT2D eigenvalue weighted by Crippen LogP contribution is -2.28. The monoisotopic (exact) mass is 231 g/mol.